The van der Waals surface area contributed by atoms with Gasteiger partial charge in [0.1, 0.15) is 6.10 Å². The Morgan fingerprint density at radius 1 is 0.967 bits per heavy atom. The van der Waals surface area contributed by atoms with Crippen LogP contribution in [0, 0.1) is 0 Å². The van der Waals surface area contributed by atoms with Gasteiger partial charge in [0, 0.05) is 25.8 Å². The van der Waals surface area contributed by atoms with Gasteiger partial charge in [-0.1, -0.05) is 60.7 Å². The summed E-state index contributed by atoms with van der Waals surface area (Å²) >= 11 is 0. The Bertz CT molecular complexity index is 898. The van der Waals surface area contributed by atoms with Gasteiger partial charge in [0.15, 0.2) is 0 Å². The van der Waals surface area contributed by atoms with Crippen molar-refractivity contribution in [3.05, 3.63) is 101 Å². The number of nitrogens with zero attached hydrogens (tertiary/aromatic N) is 2. The molecule has 2 heterocycles. The van der Waals surface area contributed by atoms with Crippen LogP contribution in [0.15, 0.2) is 79.0 Å². The fourth-order valence-electron chi connectivity index (χ4n) is 3.87. The van der Waals surface area contributed by atoms with E-state index in [2.05, 4.69) is 58.4 Å². The molecule has 5 nitrogen and oxygen atoms in total. The predicted octanol–water partition coefficient (Wildman–Crippen LogP) is 4.55. The summed E-state index contributed by atoms with van der Waals surface area (Å²) in [5.74, 6) is -0.946. The lowest BCUT2D eigenvalue weighted by molar-refractivity contribution is -0.0283. The summed E-state index contributed by atoms with van der Waals surface area (Å²) in [5.41, 5.74) is 3.47. The quantitative estimate of drug-likeness (QED) is 0.628. The van der Waals surface area contributed by atoms with E-state index < -0.39 is 5.97 Å². The van der Waals surface area contributed by atoms with Crippen molar-refractivity contribution >= 4 is 5.97 Å². The summed E-state index contributed by atoms with van der Waals surface area (Å²) in [6.45, 7) is 2.60. The van der Waals surface area contributed by atoms with E-state index in [0.717, 1.165) is 38.2 Å². The van der Waals surface area contributed by atoms with Crippen LogP contribution < -0.4 is 0 Å². The maximum absolute atomic E-state index is 11.0. The fourth-order valence-corrected chi connectivity index (χ4v) is 3.87. The van der Waals surface area contributed by atoms with Crippen LogP contribution in [0.2, 0.25) is 0 Å². The molecule has 1 saturated heterocycles. The molecule has 0 aliphatic carbocycles. The van der Waals surface area contributed by atoms with Gasteiger partial charge in [-0.3, -0.25) is 9.88 Å². The van der Waals surface area contributed by atoms with E-state index in [4.69, 9.17) is 9.84 Å². The minimum Gasteiger partial charge on any atom is -0.478 e. The highest BCUT2D eigenvalue weighted by Crippen LogP contribution is 2.30. The van der Waals surface area contributed by atoms with Crippen LogP contribution in [-0.2, 0) is 11.3 Å². The van der Waals surface area contributed by atoms with E-state index in [0.29, 0.717) is 0 Å². The number of ether oxygens (including phenoxy) is 1. The lowest BCUT2D eigenvalue weighted by Crippen LogP contribution is -2.37. The number of likely N-dealkylation sites (tertiary alicyclic amines) is 1. The fraction of sp³-hybridized carbons (Fsp3) is 0.280. The summed E-state index contributed by atoms with van der Waals surface area (Å²) in [7, 11) is 0. The number of aromatic nitrogens is 1. The van der Waals surface area contributed by atoms with Crippen LogP contribution in [0.5, 0.6) is 0 Å². The van der Waals surface area contributed by atoms with Gasteiger partial charge in [0.25, 0.3) is 0 Å². The molecule has 2 aromatic carbocycles. The van der Waals surface area contributed by atoms with Crippen molar-refractivity contribution in [2.24, 2.45) is 0 Å². The van der Waals surface area contributed by atoms with Crippen LogP contribution in [0.4, 0.5) is 0 Å². The first kappa shape index (κ1) is 20.3. The van der Waals surface area contributed by atoms with Crippen molar-refractivity contribution in [1.82, 2.24) is 9.88 Å². The van der Waals surface area contributed by atoms with E-state index >= 15 is 0 Å². The summed E-state index contributed by atoms with van der Waals surface area (Å²) in [5, 5.41) is 9.00. The molecule has 0 atom stereocenters. The van der Waals surface area contributed by atoms with Gasteiger partial charge in [-0.2, -0.15) is 0 Å². The van der Waals surface area contributed by atoms with Crippen molar-refractivity contribution < 1.29 is 14.6 Å². The zero-order valence-electron chi connectivity index (χ0n) is 16.9. The minimum atomic E-state index is -0.946. The smallest absolute Gasteiger partial charge is 0.337 e. The normalized spacial score (nSPS) is 15.4. The molecule has 154 valence electrons. The molecule has 1 N–H and O–H groups in total. The average molecular weight is 402 g/mol. The molecule has 0 spiro atoms. The van der Waals surface area contributed by atoms with E-state index in [1.807, 2.05) is 12.1 Å². The highest BCUT2D eigenvalue weighted by Gasteiger charge is 2.25. The van der Waals surface area contributed by atoms with Crippen LogP contribution in [0.1, 0.15) is 46.1 Å². The highest BCUT2D eigenvalue weighted by atomic mass is 16.5. The molecule has 1 aromatic heterocycles. The number of carboxylic acids is 1. The Balaban J connectivity index is 1.36. The number of aromatic carboxylic acids is 1. The summed E-state index contributed by atoms with van der Waals surface area (Å²) in [6.07, 6.45) is 3.49. The number of pyridine rings is 1. The molecule has 0 radical (unpaired) electrons. The van der Waals surface area contributed by atoms with Crippen LogP contribution >= 0.6 is 0 Å². The number of carbonyl (C=O) groups is 1. The van der Waals surface area contributed by atoms with E-state index in [-0.39, 0.29) is 17.8 Å². The van der Waals surface area contributed by atoms with Gasteiger partial charge >= 0.3 is 5.97 Å². The van der Waals surface area contributed by atoms with Crippen molar-refractivity contribution in [2.75, 3.05) is 13.1 Å². The SMILES string of the molecule is O=C(O)c1ccc(CN2CCC(OC(c3ccccc3)c3ccccc3)CC2)nc1. The van der Waals surface area contributed by atoms with E-state index in [1.54, 1.807) is 12.1 Å². The molecule has 5 heteroatoms. The molecule has 1 aliphatic heterocycles. The van der Waals surface area contributed by atoms with Crippen LogP contribution in [0.25, 0.3) is 0 Å². The number of carboxylic acid groups (broad SMARTS) is 1. The van der Waals surface area contributed by atoms with Gasteiger partial charge < -0.3 is 9.84 Å². The van der Waals surface area contributed by atoms with Crippen molar-refractivity contribution in [2.45, 2.75) is 31.6 Å². The molecule has 1 fully saturated rings. The van der Waals surface area contributed by atoms with Crippen molar-refractivity contribution in [3.63, 3.8) is 0 Å². The van der Waals surface area contributed by atoms with Gasteiger partial charge in [-0.25, -0.2) is 4.79 Å². The Labute approximate surface area is 177 Å². The third kappa shape index (κ3) is 5.12. The number of hydrogen-bond donors (Lipinski definition) is 1. The molecule has 0 saturated carbocycles. The second kappa shape index (κ2) is 9.65. The standard InChI is InChI=1S/C25H26N2O3/c28-25(29)21-11-12-22(26-17-21)18-27-15-13-23(14-16-27)30-24(19-7-3-1-4-8-19)20-9-5-2-6-10-20/h1-12,17,23-24H,13-16,18H2,(H,28,29). The number of benzene rings is 2. The molecule has 3 aromatic rings. The molecule has 30 heavy (non-hydrogen) atoms. The molecular weight excluding hydrogens is 376 g/mol. The van der Waals surface area contributed by atoms with Crippen LogP contribution in [-0.4, -0.2) is 40.2 Å². The van der Waals surface area contributed by atoms with Gasteiger partial charge in [-0.15, -0.1) is 0 Å². The monoisotopic (exact) mass is 402 g/mol. The summed E-state index contributed by atoms with van der Waals surface area (Å²) in [4.78, 5) is 17.6. The molecule has 4 rings (SSSR count). The van der Waals surface area contributed by atoms with Gasteiger partial charge in [-0.05, 0) is 36.1 Å². The van der Waals surface area contributed by atoms with Crippen LogP contribution in [0.3, 0.4) is 0 Å². The molecule has 0 bridgehead atoms. The Morgan fingerprint density at radius 3 is 2.07 bits per heavy atom. The Morgan fingerprint density at radius 2 is 1.57 bits per heavy atom. The third-order valence-electron chi connectivity index (χ3n) is 5.53. The maximum Gasteiger partial charge on any atom is 0.337 e. The Hall–Kier alpha value is -3.02. The predicted molar refractivity (Wildman–Crippen MR) is 115 cm³/mol. The molecule has 0 amide bonds. The zero-order valence-corrected chi connectivity index (χ0v) is 16.9. The average Bonchev–Trinajstić information content (AvgIpc) is 2.80. The number of piperidine rings is 1. The van der Waals surface area contributed by atoms with Crippen molar-refractivity contribution in [1.29, 1.82) is 0 Å². The summed E-state index contributed by atoms with van der Waals surface area (Å²) in [6, 6.07) is 24.2. The lowest BCUT2D eigenvalue weighted by Gasteiger charge is -2.34. The number of hydrogen-bond acceptors (Lipinski definition) is 4. The Kier molecular flexibility index (Phi) is 6.52. The van der Waals surface area contributed by atoms with Crippen molar-refractivity contribution in [3.8, 4) is 0 Å². The largest absolute Gasteiger partial charge is 0.478 e. The molecular formula is C25H26N2O3. The first-order chi connectivity index (χ1) is 14.7. The minimum absolute atomic E-state index is 0.0609. The molecule has 0 unspecified atom stereocenters. The van der Waals surface area contributed by atoms with E-state index in [9.17, 15) is 4.79 Å². The van der Waals surface area contributed by atoms with E-state index in [1.165, 1.54) is 17.3 Å². The van der Waals surface area contributed by atoms with Gasteiger partial charge in [0.05, 0.1) is 17.4 Å². The number of rotatable bonds is 7. The maximum atomic E-state index is 11.0. The molecule has 1 aliphatic rings. The second-order valence-corrected chi connectivity index (χ2v) is 7.66. The first-order valence-electron chi connectivity index (χ1n) is 10.3. The lowest BCUT2D eigenvalue weighted by atomic mass is 10.00. The highest BCUT2D eigenvalue weighted by molar-refractivity contribution is 5.87. The second-order valence-electron chi connectivity index (χ2n) is 7.66. The topological polar surface area (TPSA) is 62.7 Å². The summed E-state index contributed by atoms with van der Waals surface area (Å²) < 4.78 is 6.60. The first-order valence-corrected chi connectivity index (χ1v) is 10.3. The third-order valence-corrected chi connectivity index (χ3v) is 5.53. The zero-order chi connectivity index (χ0) is 20.8. The van der Waals surface area contributed by atoms with Gasteiger partial charge in [0.2, 0.25) is 0 Å².